The Labute approximate surface area is 317 Å². The Balaban J connectivity index is 2.97. The minimum Gasteiger partial charge on any atom is -0.445 e. The molecule has 54 heavy (non-hydrogen) atoms. The van der Waals surface area contributed by atoms with Gasteiger partial charge in [0.25, 0.3) is 0 Å². The number of likely N-dealkylation sites (N-methyl/N-ethyl adjacent to an activating group) is 2. The molecule has 4 atom stereocenters. The number of amides is 9. The quantitative estimate of drug-likeness (QED) is 0.0777. The van der Waals surface area contributed by atoms with Crippen LogP contribution in [-0.4, -0.2) is 97.3 Å². The van der Waals surface area contributed by atoms with Crippen molar-refractivity contribution in [3.05, 3.63) is 29.8 Å². The summed E-state index contributed by atoms with van der Waals surface area (Å²) in [5, 5.41) is 15.8. The third-order valence-corrected chi connectivity index (χ3v) is 8.38. The molecular formula is C36H59N9O9. The first-order valence-electron chi connectivity index (χ1n) is 18.0. The van der Waals surface area contributed by atoms with Crippen molar-refractivity contribution >= 4 is 53.3 Å². The molecule has 1 aromatic carbocycles. The van der Waals surface area contributed by atoms with Crippen LogP contribution in [0.2, 0.25) is 0 Å². The summed E-state index contributed by atoms with van der Waals surface area (Å²) in [6.07, 6.45) is -0.108. The summed E-state index contributed by atoms with van der Waals surface area (Å²) in [5.41, 5.74) is 11.2. The molecule has 0 aliphatic heterocycles. The van der Waals surface area contributed by atoms with Gasteiger partial charge in [-0.2, -0.15) is 0 Å². The van der Waals surface area contributed by atoms with E-state index in [2.05, 4.69) is 31.9 Å². The van der Waals surface area contributed by atoms with E-state index in [9.17, 15) is 38.4 Å². The molecule has 18 nitrogen and oxygen atoms in total. The van der Waals surface area contributed by atoms with Crippen molar-refractivity contribution < 1.29 is 43.1 Å². The number of ether oxygens (including phenoxy) is 1. The topological polar surface area (TPSA) is 273 Å². The molecule has 0 saturated heterocycles. The van der Waals surface area contributed by atoms with Crippen LogP contribution in [0.25, 0.3) is 0 Å². The normalized spacial score (nSPS) is 13.2. The Bertz CT molecular complexity index is 1450. The van der Waals surface area contributed by atoms with E-state index in [1.54, 1.807) is 65.8 Å². The molecule has 0 fully saturated rings. The van der Waals surface area contributed by atoms with Crippen LogP contribution >= 0.6 is 0 Å². The Morgan fingerprint density at radius 3 is 1.83 bits per heavy atom. The summed E-state index contributed by atoms with van der Waals surface area (Å²) in [6, 6.07) is 1.94. The first-order valence-corrected chi connectivity index (χ1v) is 18.0. The van der Waals surface area contributed by atoms with Gasteiger partial charge in [-0.3, -0.25) is 33.7 Å². The average molecular weight is 762 g/mol. The molecular weight excluding hydrogens is 702 g/mol. The van der Waals surface area contributed by atoms with E-state index in [0.29, 0.717) is 11.3 Å². The molecule has 1 rings (SSSR count). The third-order valence-electron chi connectivity index (χ3n) is 8.38. The number of hydrogen-bond donors (Lipinski definition) is 8. The molecule has 0 aliphatic rings. The lowest BCUT2D eigenvalue weighted by Gasteiger charge is -2.31. The number of carbonyl (C=O) groups is 8. The van der Waals surface area contributed by atoms with Gasteiger partial charge in [0.1, 0.15) is 30.8 Å². The number of nitrogens with one attached hydrogen (secondary N) is 6. The minimum atomic E-state index is -1.06. The van der Waals surface area contributed by atoms with Gasteiger partial charge in [-0.05, 0) is 54.7 Å². The summed E-state index contributed by atoms with van der Waals surface area (Å²) >= 11 is 0. The van der Waals surface area contributed by atoms with Crippen molar-refractivity contribution in [3.8, 4) is 0 Å². The van der Waals surface area contributed by atoms with Gasteiger partial charge in [0, 0.05) is 39.2 Å². The van der Waals surface area contributed by atoms with Gasteiger partial charge < -0.3 is 48.1 Å². The molecule has 0 saturated carbocycles. The molecule has 0 spiro atoms. The van der Waals surface area contributed by atoms with Gasteiger partial charge >= 0.3 is 12.1 Å². The van der Waals surface area contributed by atoms with E-state index in [1.165, 1.54) is 19.0 Å². The van der Waals surface area contributed by atoms with Gasteiger partial charge in [-0.15, -0.1) is 0 Å². The van der Waals surface area contributed by atoms with Crippen molar-refractivity contribution in [3.63, 3.8) is 0 Å². The second-order valence-corrected chi connectivity index (χ2v) is 14.0. The van der Waals surface area contributed by atoms with E-state index < -0.39 is 65.8 Å². The van der Waals surface area contributed by atoms with Crippen LogP contribution < -0.4 is 43.4 Å². The maximum Gasteiger partial charge on any atom is 0.410 e. The fourth-order valence-corrected chi connectivity index (χ4v) is 5.38. The summed E-state index contributed by atoms with van der Waals surface area (Å²) in [6.45, 7) is 10.6. The number of primary amides is 2. The highest BCUT2D eigenvalue weighted by Gasteiger charge is 2.34. The van der Waals surface area contributed by atoms with Gasteiger partial charge in [-0.25, -0.2) is 9.59 Å². The molecule has 0 aliphatic carbocycles. The average Bonchev–Trinajstić information content (AvgIpc) is 3.09. The van der Waals surface area contributed by atoms with E-state index in [4.69, 9.17) is 16.2 Å². The zero-order valence-electron chi connectivity index (χ0n) is 32.6. The molecule has 0 radical (unpaired) electrons. The summed E-state index contributed by atoms with van der Waals surface area (Å²) in [5.74, 6) is -3.82. The lowest BCUT2D eigenvalue weighted by atomic mass is 9.99. The molecule has 18 heteroatoms. The minimum absolute atomic E-state index is 0.0110. The van der Waals surface area contributed by atoms with Crippen molar-refractivity contribution in [2.75, 3.05) is 26.0 Å². The van der Waals surface area contributed by atoms with E-state index in [1.807, 2.05) is 0 Å². The smallest absolute Gasteiger partial charge is 0.410 e. The van der Waals surface area contributed by atoms with Gasteiger partial charge in [0.2, 0.25) is 35.4 Å². The molecule has 0 unspecified atom stereocenters. The highest BCUT2D eigenvalue weighted by molar-refractivity contribution is 5.98. The van der Waals surface area contributed by atoms with E-state index >= 15 is 0 Å². The van der Waals surface area contributed by atoms with E-state index in [-0.39, 0.29) is 68.9 Å². The Kier molecular flexibility index (Phi) is 20.1. The highest BCUT2D eigenvalue weighted by Crippen LogP contribution is 2.16. The van der Waals surface area contributed by atoms with Gasteiger partial charge in [-0.1, -0.05) is 53.7 Å². The maximum atomic E-state index is 13.4. The van der Waals surface area contributed by atoms with Gasteiger partial charge in [0.15, 0.2) is 0 Å². The van der Waals surface area contributed by atoms with Crippen LogP contribution in [0.1, 0.15) is 79.2 Å². The third kappa shape index (κ3) is 16.5. The predicted molar refractivity (Wildman–Crippen MR) is 201 cm³/mol. The molecule has 9 amide bonds. The zero-order valence-corrected chi connectivity index (χ0v) is 32.6. The number of rotatable bonds is 22. The number of anilines is 1. The fourth-order valence-electron chi connectivity index (χ4n) is 5.38. The summed E-state index contributed by atoms with van der Waals surface area (Å²) in [4.78, 5) is 101. The first kappa shape index (κ1) is 46.6. The number of benzene rings is 1. The Morgan fingerprint density at radius 2 is 1.31 bits per heavy atom. The standard InChI is InChI=1S/C36H59N9O9/c1-20(2)28(32(49)39-7)44-34(51)30(22(5)6)45(8)36(53)54-19-23-14-16-24(17-15-23)41-31(48)25(11-10-18-40-35(38)52)42-33(50)29(21(3)4)43-27(47)13-9-12-26(37)46/h14-17,20-22,25,28-30H,9-13,18-19H2,1-8H3,(H2,37,46)(H,39,49)(H,41,48)(H,42,50)(H,43,47)(H,44,51)(H3,38,40,52)/t25-,28-,29-,30-/m0/s1. The van der Waals surface area contributed by atoms with Crippen molar-refractivity contribution in [1.29, 1.82) is 0 Å². The molecule has 0 bridgehead atoms. The molecule has 302 valence electrons. The van der Waals surface area contributed by atoms with Crippen LogP contribution in [0, 0.1) is 17.8 Å². The largest absolute Gasteiger partial charge is 0.445 e. The zero-order chi connectivity index (χ0) is 41.1. The van der Waals surface area contributed by atoms with Crippen LogP contribution in [0.4, 0.5) is 15.3 Å². The van der Waals surface area contributed by atoms with Crippen molar-refractivity contribution in [2.24, 2.45) is 29.2 Å². The molecule has 0 aromatic heterocycles. The number of carbonyl (C=O) groups excluding carboxylic acids is 8. The summed E-state index contributed by atoms with van der Waals surface area (Å²) < 4.78 is 5.47. The lowest BCUT2D eigenvalue weighted by molar-refractivity contribution is -0.133. The Morgan fingerprint density at radius 1 is 0.722 bits per heavy atom. The Hall–Kier alpha value is -5.42. The first-order chi connectivity index (χ1) is 25.3. The lowest BCUT2D eigenvalue weighted by Crippen LogP contribution is -2.56. The number of nitrogens with two attached hydrogens (primary N) is 2. The SMILES string of the molecule is CNC(=O)[C@@H](NC(=O)[C@H](C(C)C)N(C)C(=O)OCc1ccc(NC(=O)[C@H](CCCNC(N)=O)NC(=O)[C@@H](NC(=O)CCCC(N)=O)C(C)C)cc1)C(C)C. The van der Waals surface area contributed by atoms with E-state index in [0.717, 1.165) is 0 Å². The van der Waals surface area contributed by atoms with Crippen molar-refractivity contribution in [2.45, 2.75) is 104 Å². The molecule has 1 aromatic rings. The number of hydrogen-bond acceptors (Lipinski definition) is 9. The monoisotopic (exact) mass is 761 g/mol. The predicted octanol–water partition coefficient (Wildman–Crippen LogP) is 0.835. The fraction of sp³-hybridized carbons (Fsp3) is 0.611. The number of nitrogens with zero attached hydrogens (tertiary/aromatic N) is 1. The highest BCUT2D eigenvalue weighted by atomic mass is 16.6. The summed E-state index contributed by atoms with van der Waals surface area (Å²) in [7, 11) is 2.92. The molecule has 0 heterocycles. The maximum absolute atomic E-state index is 13.4. The van der Waals surface area contributed by atoms with Gasteiger partial charge in [0.05, 0.1) is 0 Å². The van der Waals surface area contributed by atoms with Crippen LogP contribution in [0.5, 0.6) is 0 Å². The second-order valence-electron chi connectivity index (χ2n) is 14.0. The van der Waals surface area contributed by atoms with Crippen LogP contribution in [-0.2, 0) is 40.1 Å². The van der Waals surface area contributed by atoms with Crippen molar-refractivity contribution in [1.82, 2.24) is 31.5 Å². The molecule has 10 N–H and O–H groups in total. The van der Waals surface area contributed by atoms with Crippen LogP contribution in [0.15, 0.2) is 24.3 Å². The second kappa shape index (κ2) is 23.3. The van der Waals surface area contributed by atoms with Crippen LogP contribution in [0.3, 0.4) is 0 Å². The number of urea groups is 1.